The largest absolute Gasteiger partial charge is 0.369 e. The van der Waals surface area contributed by atoms with Gasteiger partial charge in [-0.25, -0.2) is 9.97 Å². The summed E-state index contributed by atoms with van der Waals surface area (Å²) in [6.07, 6.45) is 5.64. The van der Waals surface area contributed by atoms with Crippen LogP contribution in [0.1, 0.15) is 51.6 Å². The van der Waals surface area contributed by atoms with Crippen molar-refractivity contribution >= 4 is 5.82 Å². The molecule has 0 unspecified atom stereocenters. The molecule has 1 aromatic rings. The second-order valence-electron chi connectivity index (χ2n) is 5.19. The van der Waals surface area contributed by atoms with Crippen LogP contribution in [0.15, 0.2) is 12.4 Å². The predicted octanol–water partition coefficient (Wildman–Crippen LogP) is 3.20. The van der Waals surface area contributed by atoms with Gasteiger partial charge in [-0.15, -0.1) is 0 Å². The number of hydrogen-bond acceptors (Lipinski definition) is 3. The first-order valence-electron chi connectivity index (χ1n) is 6.21. The van der Waals surface area contributed by atoms with Crippen LogP contribution in [0.2, 0.25) is 0 Å². The Balaban J connectivity index is 1.96. The first-order chi connectivity index (χ1) is 7.65. The molecule has 1 fully saturated rings. The Hall–Kier alpha value is -1.12. The Bertz CT molecular complexity index is 356. The molecule has 0 aliphatic heterocycles. The SMILES string of the molecule is CCC1(CNc2cc(C(C)C)ncn2)CC1. The van der Waals surface area contributed by atoms with Crippen molar-refractivity contribution in [2.24, 2.45) is 5.41 Å². The van der Waals surface area contributed by atoms with Crippen LogP contribution >= 0.6 is 0 Å². The minimum atomic E-state index is 0.463. The zero-order valence-corrected chi connectivity index (χ0v) is 10.5. The minimum Gasteiger partial charge on any atom is -0.369 e. The van der Waals surface area contributed by atoms with Crippen molar-refractivity contribution in [1.29, 1.82) is 0 Å². The molecule has 2 rings (SSSR count). The van der Waals surface area contributed by atoms with E-state index in [1.165, 1.54) is 19.3 Å². The van der Waals surface area contributed by atoms with E-state index >= 15 is 0 Å². The summed E-state index contributed by atoms with van der Waals surface area (Å²) in [7, 11) is 0. The maximum atomic E-state index is 4.27. The molecule has 0 spiro atoms. The highest BCUT2D eigenvalue weighted by molar-refractivity contribution is 5.36. The van der Waals surface area contributed by atoms with Gasteiger partial charge in [-0.05, 0) is 30.6 Å². The van der Waals surface area contributed by atoms with Crippen molar-refractivity contribution < 1.29 is 0 Å². The van der Waals surface area contributed by atoms with Crippen molar-refractivity contribution in [3.63, 3.8) is 0 Å². The first kappa shape index (κ1) is 11.4. The third-order valence-electron chi connectivity index (χ3n) is 3.63. The lowest BCUT2D eigenvalue weighted by molar-refractivity contribution is 0.520. The second-order valence-corrected chi connectivity index (χ2v) is 5.19. The van der Waals surface area contributed by atoms with Crippen LogP contribution in [0.25, 0.3) is 0 Å². The van der Waals surface area contributed by atoms with Gasteiger partial charge in [0.25, 0.3) is 0 Å². The molecule has 88 valence electrons. The van der Waals surface area contributed by atoms with Gasteiger partial charge in [0.15, 0.2) is 0 Å². The van der Waals surface area contributed by atoms with E-state index < -0.39 is 0 Å². The molecule has 1 heterocycles. The van der Waals surface area contributed by atoms with Gasteiger partial charge in [0.05, 0.1) is 0 Å². The van der Waals surface area contributed by atoms with Gasteiger partial charge in [-0.3, -0.25) is 0 Å². The maximum Gasteiger partial charge on any atom is 0.129 e. The molecule has 1 aliphatic rings. The first-order valence-corrected chi connectivity index (χ1v) is 6.21. The van der Waals surface area contributed by atoms with Gasteiger partial charge < -0.3 is 5.32 Å². The zero-order valence-electron chi connectivity index (χ0n) is 10.5. The highest BCUT2D eigenvalue weighted by Crippen LogP contribution is 2.48. The van der Waals surface area contributed by atoms with Gasteiger partial charge in [-0.2, -0.15) is 0 Å². The molecule has 0 radical (unpaired) electrons. The number of hydrogen-bond donors (Lipinski definition) is 1. The number of nitrogens with zero attached hydrogens (tertiary/aromatic N) is 2. The Morgan fingerprint density at radius 3 is 2.69 bits per heavy atom. The van der Waals surface area contributed by atoms with E-state index in [0.717, 1.165) is 18.1 Å². The summed E-state index contributed by atoms with van der Waals surface area (Å²) in [5, 5.41) is 3.44. The topological polar surface area (TPSA) is 37.8 Å². The molecular formula is C13H21N3. The smallest absolute Gasteiger partial charge is 0.129 e. The van der Waals surface area contributed by atoms with Crippen molar-refractivity contribution in [1.82, 2.24) is 9.97 Å². The van der Waals surface area contributed by atoms with Crippen molar-refractivity contribution in [2.45, 2.75) is 46.0 Å². The summed E-state index contributed by atoms with van der Waals surface area (Å²) in [4.78, 5) is 8.53. The quantitative estimate of drug-likeness (QED) is 0.826. The van der Waals surface area contributed by atoms with Crippen LogP contribution in [0.3, 0.4) is 0 Å². The summed E-state index contributed by atoms with van der Waals surface area (Å²) in [6.45, 7) is 7.63. The van der Waals surface area contributed by atoms with E-state index in [1.54, 1.807) is 6.33 Å². The van der Waals surface area contributed by atoms with Crippen LogP contribution in [0, 0.1) is 5.41 Å². The normalized spacial score (nSPS) is 17.5. The number of anilines is 1. The monoisotopic (exact) mass is 219 g/mol. The van der Waals surface area contributed by atoms with Crippen LogP contribution in [-0.2, 0) is 0 Å². The summed E-state index contributed by atoms with van der Waals surface area (Å²) >= 11 is 0. The fourth-order valence-corrected chi connectivity index (χ4v) is 1.89. The van der Waals surface area contributed by atoms with Gasteiger partial charge in [0, 0.05) is 18.3 Å². The van der Waals surface area contributed by atoms with E-state index in [9.17, 15) is 0 Å². The van der Waals surface area contributed by atoms with Crippen LogP contribution < -0.4 is 5.32 Å². The molecule has 1 aromatic heterocycles. The third kappa shape index (κ3) is 2.52. The fourth-order valence-electron chi connectivity index (χ4n) is 1.89. The highest BCUT2D eigenvalue weighted by atomic mass is 15.0. The predicted molar refractivity (Wildman–Crippen MR) is 66.6 cm³/mol. The average molecular weight is 219 g/mol. The summed E-state index contributed by atoms with van der Waals surface area (Å²) in [5.74, 6) is 1.43. The average Bonchev–Trinajstić information content (AvgIpc) is 3.07. The van der Waals surface area contributed by atoms with Crippen LogP contribution in [0.5, 0.6) is 0 Å². The zero-order chi connectivity index (χ0) is 11.6. The summed E-state index contributed by atoms with van der Waals surface area (Å²) < 4.78 is 0. The van der Waals surface area contributed by atoms with Gasteiger partial charge in [0.1, 0.15) is 12.1 Å². The molecule has 3 heteroatoms. The summed E-state index contributed by atoms with van der Waals surface area (Å²) in [6, 6.07) is 2.07. The lowest BCUT2D eigenvalue weighted by Gasteiger charge is -2.14. The van der Waals surface area contributed by atoms with Crippen molar-refractivity contribution in [3.05, 3.63) is 18.1 Å². The van der Waals surface area contributed by atoms with E-state index in [2.05, 4.69) is 42.1 Å². The molecule has 1 N–H and O–H groups in total. The fraction of sp³-hybridized carbons (Fsp3) is 0.692. The number of rotatable bonds is 5. The van der Waals surface area contributed by atoms with E-state index in [1.807, 2.05) is 0 Å². The molecule has 16 heavy (non-hydrogen) atoms. The molecule has 0 bridgehead atoms. The Morgan fingerprint density at radius 1 is 1.38 bits per heavy atom. The Morgan fingerprint density at radius 2 is 2.12 bits per heavy atom. The Labute approximate surface area is 97.7 Å². The molecule has 1 aliphatic carbocycles. The van der Waals surface area contributed by atoms with E-state index in [0.29, 0.717) is 11.3 Å². The van der Waals surface area contributed by atoms with Gasteiger partial charge >= 0.3 is 0 Å². The standard InChI is InChI=1S/C13H21N3/c1-4-13(5-6-13)8-14-12-7-11(10(2)3)15-9-16-12/h7,9-10H,4-6,8H2,1-3H3,(H,14,15,16). The molecule has 0 amide bonds. The number of aromatic nitrogens is 2. The van der Waals surface area contributed by atoms with E-state index in [-0.39, 0.29) is 0 Å². The molecule has 0 saturated heterocycles. The highest BCUT2D eigenvalue weighted by Gasteiger charge is 2.40. The van der Waals surface area contributed by atoms with Crippen molar-refractivity contribution in [3.8, 4) is 0 Å². The molecule has 3 nitrogen and oxygen atoms in total. The lowest BCUT2D eigenvalue weighted by atomic mass is 10.0. The molecule has 0 atom stereocenters. The van der Waals surface area contributed by atoms with Gasteiger partial charge in [-0.1, -0.05) is 20.8 Å². The molecule has 1 saturated carbocycles. The van der Waals surface area contributed by atoms with Gasteiger partial charge in [0.2, 0.25) is 0 Å². The number of nitrogens with one attached hydrogen (secondary N) is 1. The van der Waals surface area contributed by atoms with Crippen molar-refractivity contribution in [2.75, 3.05) is 11.9 Å². The molecular weight excluding hydrogens is 198 g/mol. The minimum absolute atomic E-state index is 0.463. The van der Waals surface area contributed by atoms with Crippen LogP contribution in [-0.4, -0.2) is 16.5 Å². The second kappa shape index (κ2) is 4.40. The Kier molecular flexibility index (Phi) is 3.13. The summed E-state index contributed by atoms with van der Waals surface area (Å²) in [5.41, 5.74) is 1.67. The third-order valence-corrected chi connectivity index (χ3v) is 3.63. The van der Waals surface area contributed by atoms with Crippen LogP contribution in [0.4, 0.5) is 5.82 Å². The molecule has 0 aromatic carbocycles. The lowest BCUT2D eigenvalue weighted by Crippen LogP contribution is -2.15. The maximum absolute atomic E-state index is 4.27. The van der Waals surface area contributed by atoms with E-state index in [4.69, 9.17) is 0 Å².